The SMILES string of the molecule is CC(C)(C)c1ccc(OC(=O)/C=C/c2ccc(-c3ccc(C(C)(C)C)cc3)cc2)cc1. The molecule has 0 fully saturated rings. The summed E-state index contributed by atoms with van der Waals surface area (Å²) < 4.78 is 5.41. The Balaban J connectivity index is 1.62. The summed E-state index contributed by atoms with van der Waals surface area (Å²) in [7, 11) is 0. The minimum absolute atomic E-state index is 0.0727. The maximum atomic E-state index is 12.2. The Morgan fingerprint density at radius 1 is 0.645 bits per heavy atom. The lowest BCUT2D eigenvalue weighted by Crippen LogP contribution is -2.11. The van der Waals surface area contributed by atoms with Crippen LogP contribution in [0.3, 0.4) is 0 Å². The fraction of sp³-hybridized carbons (Fsp3) is 0.276. The predicted molar refractivity (Wildman–Crippen MR) is 130 cm³/mol. The second-order valence-electron chi connectivity index (χ2n) is 9.98. The molecule has 3 aromatic carbocycles. The Morgan fingerprint density at radius 2 is 1.06 bits per heavy atom. The van der Waals surface area contributed by atoms with Crippen LogP contribution in [0.25, 0.3) is 17.2 Å². The Morgan fingerprint density at radius 3 is 1.52 bits per heavy atom. The van der Waals surface area contributed by atoms with Crippen molar-refractivity contribution < 1.29 is 9.53 Å². The highest BCUT2D eigenvalue weighted by molar-refractivity contribution is 5.88. The summed E-state index contributed by atoms with van der Waals surface area (Å²) in [5, 5.41) is 0. The molecule has 0 heterocycles. The van der Waals surface area contributed by atoms with E-state index in [2.05, 4.69) is 77.9 Å². The van der Waals surface area contributed by atoms with Gasteiger partial charge in [0.2, 0.25) is 0 Å². The zero-order chi connectivity index (χ0) is 22.6. The van der Waals surface area contributed by atoms with Crippen LogP contribution < -0.4 is 4.74 Å². The van der Waals surface area contributed by atoms with Crippen molar-refractivity contribution in [2.24, 2.45) is 0 Å². The van der Waals surface area contributed by atoms with E-state index in [9.17, 15) is 4.79 Å². The van der Waals surface area contributed by atoms with Crippen molar-refractivity contribution in [3.05, 3.63) is 95.6 Å². The molecule has 0 bridgehead atoms. The van der Waals surface area contributed by atoms with E-state index >= 15 is 0 Å². The molecule has 0 saturated heterocycles. The van der Waals surface area contributed by atoms with Crippen molar-refractivity contribution in [3.8, 4) is 16.9 Å². The standard InChI is InChI=1S/C29H32O2/c1-28(2,3)24-14-12-23(13-15-24)22-10-7-21(8-11-22)9-20-27(30)31-26-18-16-25(17-19-26)29(4,5)6/h7-20H,1-6H3/b20-9+. The highest BCUT2D eigenvalue weighted by Crippen LogP contribution is 2.27. The molecule has 0 amide bonds. The smallest absolute Gasteiger partial charge is 0.336 e. The zero-order valence-electron chi connectivity index (χ0n) is 19.4. The summed E-state index contributed by atoms with van der Waals surface area (Å²) >= 11 is 0. The van der Waals surface area contributed by atoms with Gasteiger partial charge in [0.1, 0.15) is 5.75 Å². The van der Waals surface area contributed by atoms with E-state index in [1.807, 2.05) is 36.4 Å². The number of rotatable bonds is 4. The zero-order valence-corrected chi connectivity index (χ0v) is 19.4. The van der Waals surface area contributed by atoms with Crippen LogP contribution in [0.15, 0.2) is 78.9 Å². The first-order valence-electron chi connectivity index (χ1n) is 10.7. The van der Waals surface area contributed by atoms with Gasteiger partial charge in [0.05, 0.1) is 0 Å². The molecule has 0 spiro atoms. The first kappa shape index (κ1) is 22.6. The normalized spacial score (nSPS) is 12.2. The number of esters is 1. The van der Waals surface area contributed by atoms with Crippen molar-refractivity contribution >= 4 is 12.0 Å². The van der Waals surface area contributed by atoms with Gasteiger partial charge >= 0.3 is 5.97 Å². The van der Waals surface area contributed by atoms with Gasteiger partial charge in [-0.15, -0.1) is 0 Å². The number of benzene rings is 3. The second-order valence-corrected chi connectivity index (χ2v) is 9.98. The van der Waals surface area contributed by atoms with E-state index in [0.29, 0.717) is 5.75 Å². The molecule has 0 aliphatic rings. The molecule has 0 aliphatic carbocycles. The molecule has 31 heavy (non-hydrogen) atoms. The van der Waals surface area contributed by atoms with E-state index in [1.54, 1.807) is 6.08 Å². The molecule has 0 aliphatic heterocycles. The van der Waals surface area contributed by atoms with E-state index in [1.165, 1.54) is 22.8 Å². The molecule has 3 rings (SSSR count). The van der Waals surface area contributed by atoms with Crippen molar-refractivity contribution in [2.75, 3.05) is 0 Å². The fourth-order valence-electron chi connectivity index (χ4n) is 3.29. The molecule has 2 nitrogen and oxygen atoms in total. The number of ether oxygens (including phenoxy) is 1. The first-order chi connectivity index (χ1) is 14.5. The monoisotopic (exact) mass is 412 g/mol. The van der Waals surface area contributed by atoms with Gasteiger partial charge in [-0.05, 0) is 56.9 Å². The Kier molecular flexibility index (Phi) is 6.50. The number of hydrogen-bond acceptors (Lipinski definition) is 2. The summed E-state index contributed by atoms with van der Waals surface area (Å²) in [6.45, 7) is 13.1. The highest BCUT2D eigenvalue weighted by atomic mass is 16.5. The fourth-order valence-corrected chi connectivity index (χ4v) is 3.29. The van der Waals surface area contributed by atoms with Crippen molar-refractivity contribution in [1.82, 2.24) is 0 Å². The van der Waals surface area contributed by atoms with Crippen LogP contribution in [0.4, 0.5) is 0 Å². The summed E-state index contributed by atoms with van der Waals surface area (Å²) in [5.74, 6) is 0.169. The topological polar surface area (TPSA) is 26.3 Å². The Labute approximate surface area is 186 Å². The lowest BCUT2D eigenvalue weighted by atomic mass is 9.86. The summed E-state index contributed by atoms with van der Waals surface area (Å²) in [6.07, 6.45) is 3.24. The van der Waals surface area contributed by atoms with Gasteiger partial charge in [0, 0.05) is 6.08 Å². The molecular weight excluding hydrogens is 380 g/mol. The quantitative estimate of drug-likeness (QED) is 0.251. The molecule has 0 radical (unpaired) electrons. The average Bonchev–Trinajstić information content (AvgIpc) is 2.72. The summed E-state index contributed by atoms with van der Waals surface area (Å²) in [4.78, 5) is 12.2. The Bertz CT molecular complexity index is 1040. The molecule has 0 saturated carbocycles. The van der Waals surface area contributed by atoms with Crippen molar-refractivity contribution in [3.63, 3.8) is 0 Å². The maximum Gasteiger partial charge on any atom is 0.336 e. The van der Waals surface area contributed by atoms with Crippen LogP contribution in [0.2, 0.25) is 0 Å². The lowest BCUT2D eigenvalue weighted by molar-refractivity contribution is -0.128. The van der Waals surface area contributed by atoms with Crippen LogP contribution in [-0.4, -0.2) is 5.97 Å². The third-order valence-electron chi connectivity index (χ3n) is 5.35. The van der Waals surface area contributed by atoms with Gasteiger partial charge in [-0.1, -0.05) is 102 Å². The third-order valence-corrected chi connectivity index (χ3v) is 5.35. The molecule has 3 aromatic rings. The van der Waals surface area contributed by atoms with E-state index in [4.69, 9.17) is 4.74 Å². The Hall–Kier alpha value is -3.13. The van der Waals surface area contributed by atoms with Gasteiger partial charge in [0.25, 0.3) is 0 Å². The number of hydrogen-bond donors (Lipinski definition) is 0. The van der Waals surface area contributed by atoms with Crippen LogP contribution in [0.1, 0.15) is 58.2 Å². The molecule has 0 N–H and O–H groups in total. The molecule has 2 heteroatoms. The first-order valence-corrected chi connectivity index (χ1v) is 10.7. The van der Waals surface area contributed by atoms with E-state index in [-0.39, 0.29) is 16.8 Å². The second kappa shape index (κ2) is 8.93. The summed E-state index contributed by atoms with van der Waals surface area (Å²) in [6, 6.07) is 24.5. The predicted octanol–water partition coefficient (Wildman–Crippen LogP) is 7.57. The van der Waals surface area contributed by atoms with Gasteiger partial charge in [0.15, 0.2) is 0 Å². The minimum atomic E-state index is -0.384. The average molecular weight is 413 g/mol. The van der Waals surface area contributed by atoms with Crippen LogP contribution >= 0.6 is 0 Å². The maximum absolute atomic E-state index is 12.2. The molecule has 0 atom stereocenters. The molecule has 160 valence electrons. The molecular formula is C29H32O2. The lowest BCUT2D eigenvalue weighted by Gasteiger charge is -2.19. The van der Waals surface area contributed by atoms with Gasteiger partial charge in [-0.3, -0.25) is 0 Å². The third kappa shape index (κ3) is 6.18. The van der Waals surface area contributed by atoms with E-state index < -0.39 is 0 Å². The largest absolute Gasteiger partial charge is 0.423 e. The number of carbonyl (C=O) groups excluding carboxylic acids is 1. The van der Waals surface area contributed by atoms with Crippen LogP contribution in [0.5, 0.6) is 5.75 Å². The van der Waals surface area contributed by atoms with E-state index in [0.717, 1.165) is 11.1 Å². The van der Waals surface area contributed by atoms with Crippen molar-refractivity contribution in [2.45, 2.75) is 52.4 Å². The van der Waals surface area contributed by atoms with Gasteiger partial charge in [-0.25, -0.2) is 4.79 Å². The van der Waals surface area contributed by atoms with Gasteiger partial charge in [-0.2, -0.15) is 0 Å². The van der Waals surface area contributed by atoms with Gasteiger partial charge < -0.3 is 4.74 Å². The number of carbonyl (C=O) groups is 1. The summed E-state index contributed by atoms with van der Waals surface area (Å²) in [5.41, 5.74) is 6.04. The van der Waals surface area contributed by atoms with Crippen LogP contribution in [-0.2, 0) is 15.6 Å². The van der Waals surface area contributed by atoms with Crippen molar-refractivity contribution in [1.29, 1.82) is 0 Å². The molecule has 0 unspecified atom stereocenters. The minimum Gasteiger partial charge on any atom is -0.423 e. The highest BCUT2D eigenvalue weighted by Gasteiger charge is 2.14. The molecule has 0 aromatic heterocycles. The van der Waals surface area contributed by atoms with Crippen LogP contribution in [0, 0.1) is 0 Å².